The van der Waals surface area contributed by atoms with Crippen molar-refractivity contribution >= 4 is 38.4 Å². The summed E-state index contributed by atoms with van der Waals surface area (Å²) in [6.45, 7) is 1.62. The number of hydrogen-bond acceptors (Lipinski definition) is 7. The van der Waals surface area contributed by atoms with Gasteiger partial charge < -0.3 is 19.8 Å². The molecule has 1 fully saturated rings. The number of rotatable bonds is 5. The zero-order valence-corrected chi connectivity index (χ0v) is 19.8. The lowest BCUT2D eigenvalue weighted by molar-refractivity contribution is -0.132. The maximum Gasteiger partial charge on any atom is 0.419 e. The van der Waals surface area contributed by atoms with Crippen LogP contribution < -0.4 is 16.4 Å². The maximum atomic E-state index is 15.5. The molecule has 2 N–H and O–H groups in total. The Morgan fingerprint density at radius 1 is 1.37 bits per heavy atom. The first-order valence-corrected chi connectivity index (χ1v) is 12.1. The number of fused-ring (bicyclic) bond motifs is 2. The van der Waals surface area contributed by atoms with Crippen molar-refractivity contribution in [1.82, 2.24) is 15.2 Å². The van der Waals surface area contributed by atoms with Crippen molar-refractivity contribution in [2.75, 3.05) is 19.7 Å². The van der Waals surface area contributed by atoms with Gasteiger partial charge in [-0.1, -0.05) is 12.1 Å². The van der Waals surface area contributed by atoms with Gasteiger partial charge in [-0.15, -0.1) is 11.3 Å². The summed E-state index contributed by atoms with van der Waals surface area (Å²) >= 11 is 1.29. The Morgan fingerprint density at radius 3 is 3.06 bits per heavy atom. The van der Waals surface area contributed by atoms with E-state index in [0.29, 0.717) is 34.5 Å². The molecular formula is C25H23FN4O4S. The van der Waals surface area contributed by atoms with Crippen LogP contribution in [0.4, 0.5) is 4.39 Å². The zero-order valence-electron chi connectivity index (χ0n) is 19.0. The molecule has 4 aromatic rings. The molecule has 180 valence electrons. The summed E-state index contributed by atoms with van der Waals surface area (Å²) in [6.07, 6.45) is 0.182. The lowest BCUT2D eigenvalue weighted by atomic mass is 10.0. The van der Waals surface area contributed by atoms with Crippen LogP contribution in [-0.4, -0.2) is 42.3 Å². The number of ether oxygens (including phenoxy) is 1. The smallest absolute Gasteiger partial charge is 0.408 e. The first-order valence-electron chi connectivity index (χ1n) is 11.3. The molecule has 1 amide bonds. The molecule has 5 rings (SSSR count). The minimum atomic E-state index is -0.884. The normalized spacial score (nSPS) is 17.2. The minimum Gasteiger partial charge on any atom is -0.408 e. The highest BCUT2D eigenvalue weighted by atomic mass is 32.1. The number of carbonyl (C=O) groups is 1. The highest BCUT2D eigenvalue weighted by molar-refractivity contribution is 7.22. The summed E-state index contributed by atoms with van der Waals surface area (Å²) < 4.78 is 28.1. The molecule has 2 atom stereocenters. The van der Waals surface area contributed by atoms with Gasteiger partial charge in [-0.25, -0.2) is 9.18 Å². The van der Waals surface area contributed by atoms with E-state index in [0.717, 1.165) is 28.8 Å². The Hall–Kier alpha value is -3.52. The molecule has 2 aromatic heterocycles. The van der Waals surface area contributed by atoms with Gasteiger partial charge in [0.15, 0.2) is 5.58 Å². The van der Waals surface area contributed by atoms with Gasteiger partial charge >= 0.3 is 5.76 Å². The number of carbonyl (C=O) groups excluding carboxylic acids is 1. The quantitative estimate of drug-likeness (QED) is 0.441. The minimum absolute atomic E-state index is 0.0421. The van der Waals surface area contributed by atoms with Crippen LogP contribution in [0.25, 0.3) is 31.6 Å². The fraction of sp³-hybridized carbons (Fsp3) is 0.320. The Kier molecular flexibility index (Phi) is 6.38. The molecular weight excluding hydrogens is 471 g/mol. The number of aromatic nitrogens is 1. The van der Waals surface area contributed by atoms with Crippen LogP contribution in [0, 0.1) is 17.1 Å². The number of oxazole rings is 1. The van der Waals surface area contributed by atoms with E-state index >= 15 is 4.39 Å². The molecule has 1 saturated heterocycles. The van der Waals surface area contributed by atoms with Crippen LogP contribution in [0.3, 0.4) is 0 Å². The van der Waals surface area contributed by atoms with Gasteiger partial charge in [-0.05, 0) is 53.7 Å². The van der Waals surface area contributed by atoms with Gasteiger partial charge in [0.25, 0.3) is 5.91 Å². The third-order valence-corrected chi connectivity index (χ3v) is 7.31. The average molecular weight is 495 g/mol. The van der Waals surface area contributed by atoms with E-state index in [9.17, 15) is 14.9 Å². The van der Waals surface area contributed by atoms with E-state index in [4.69, 9.17) is 9.15 Å². The van der Waals surface area contributed by atoms with E-state index in [1.54, 1.807) is 19.2 Å². The van der Waals surface area contributed by atoms with Gasteiger partial charge in [0.2, 0.25) is 0 Å². The van der Waals surface area contributed by atoms with Gasteiger partial charge in [-0.3, -0.25) is 9.36 Å². The number of halogens is 1. The van der Waals surface area contributed by atoms with Crippen LogP contribution >= 0.6 is 11.3 Å². The summed E-state index contributed by atoms with van der Waals surface area (Å²) in [6, 6.07) is 11.9. The lowest BCUT2D eigenvalue weighted by Gasteiger charge is -2.18. The molecule has 0 bridgehead atoms. The molecule has 0 aliphatic carbocycles. The van der Waals surface area contributed by atoms with Crippen molar-refractivity contribution < 1.29 is 18.3 Å². The molecule has 2 aromatic carbocycles. The largest absolute Gasteiger partial charge is 0.419 e. The third kappa shape index (κ3) is 4.58. The topological polar surface area (TPSA) is 109 Å². The number of nitrogens with zero attached hydrogens (tertiary/aromatic N) is 2. The van der Waals surface area contributed by atoms with Gasteiger partial charge in [0, 0.05) is 31.5 Å². The van der Waals surface area contributed by atoms with Crippen molar-refractivity contribution in [2.45, 2.75) is 25.0 Å². The van der Waals surface area contributed by atoms with E-state index in [2.05, 4.69) is 16.7 Å². The second-order valence-corrected chi connectivity index (χ2v) is 9.54. The summed E-state index contributed by atoms with van der Waals surface area (Å²) in [7, 11) is 1.64. The zero-order chi connectivity index (χ0) is 24.5. The first-order chi connectivity index (χ1) is 16.9. The Morgan fingerprint density at radius 2 is 2.23 bits per heavy atom. The molecule has 10 heteroatoms. The summed E-state index contributed by atoms with van der Waals surface area (Å²) in [4.78, 5) is 25.2. The van der Waals surface area contributed by atoms with Gasteiger partial charge in [0.05, 0.1) is 16.3 Å². The molecule has 0 radical (unpaired) electrons. The van der Waals surface area contributed by atoms with Crippen LogP contribution in [0.5, 0.6) is 0 Å². The summed E-state index contributed by atoms with van der Waals surface area (Å²) in [5, 5.41) is 16.1. The molecule has 35 heavy (non-hydrogen) atoms. The molecule has 0 spiro atoms. The number of amides is 1. The van der Waals surface area contributed by atoms with Crippen molar-refractivity contribution in [1.29, 1.82) is 5.26 Å². The standard InChI is InChI=1S/C25H23FN4O4S/c1-30-18-10-14(5-6-19(18)34-25(30)32)21-11-16-4-3-15(22(26)23(16)35-21)9-17(12-27)29-24(31)20-13-28-7-2-8-33-20/h3-6,10-11,17,20,28H,2,7-9,13H2,1H3,(H,29,31)/t17-,20-/m0/s1. The number of nitrogens with one attached hydrogen (secondary N) is 2. The maximum absolute atomic E-state index is 15.5. The molecule has 1 aliphatic rings. The van der Waals surface area contributed by atoms with Crippen molar-refractivity contribution in [3.05, 3.63) is 58.3 Å². The van der Waals surface area contributed by atoms with Crippen LogP contribution in [0.2, 0.25) is 0 Å². The Balaban J connectivity index is 1.38. The predicted octanol–water partition coefficient (Wildman–Crippen LogP) is 3.08. The second-order valence-electron chi connectivity index (χ2n) is 8.49. The number of thiophene rings is 1. The summed E-state index contributed by atoms with van der Waals surface area (Å²) in [5.41, 5.74) is 2.34. The van der Waals surface area contributed by atoms with Crippen molar-refractivity contribution in [3.8, 4) is 16.5 Å². The average Bonchev–Trinajstić information content (AvgIpc) is 3.28. The molecule has 1 aliphatic heterocycles. The van der Waals surface area contributed by atoms with Gasteiger partial charge in [-0.2, -0.15) is 5.26 Å². The number of hydrogen-bond donors (Lipinski definition) is 2. The van der Waals surface area contributed by atoms with E-state index in [1.807, 2.05) is 24.3 Å². The van der Waals surface area contributed by atoms with Crippen molar-refractivity contribution in [3.63, 3.8) is 0 Å². The highest BCUT2D eigenvalue weighted by Crippen LogP contribution is 2.37. The molecule has 8 nitrogen and oxygen atoms in total. The Labute approximate surface area is 203 Å². The van der Waals surface area contributed by atoms with Gasteiger partial charge in [0.1, 0.15) is 18.0 Å². The fourth-order valence-electron chi connectivity index (χ4n) is 4.19. The number of benzene rings is 2. The molecule has 3 heterocycles. The van der Waals surface area contributed by atoms with Crippen LogP contribution in [0.15, 0.2) is 45.6 Å². The third-order valence-electron chi connectivity index (χ3n) is 6.12. The Bertz CT molecular complexity index is 1510. The molecule has 0 unspecified atom stereocenters. The second kappa shape index (κ2) is 9.62. The first kappa shape index (κ1) is 23.2. The summed E-state index contributed by atoms with van der Waals surface area (Å²) in [5.74, 6) is -1.22. The van der Waals surface area contributed by atoms with E-state index in [1.165, 1.54) is 15.9 Å². The predicted molar refractivity (Wildman–Crippen MR) is 131 cm³/mol. The lowest BCUT2D eigenvalue weighted by Crippen LogP contribution is -2.46. The van der Waals surface area contributed by atoms with E-state index < -0.39 is 23.7 Å². The highest BCUT2D eigenvalue weighted by Gasteiger charge is 2.24. The SMILES string of the molecule is Cn1c(=O)oc2ccc(-c3cc4ccc(C[C@@H](C#N)NC(=O)[C@@H]5CNCCCO5)c(F)c4s3)cc21. The number of nitriles is 1. The fourth-order valence-corrected chi connectivity index (χ4v) is 5.30. The van der Waals surface area contributed by atoms with Crippen LogP contribution in [-0.2, 0) is 23.0 Å². The molecule has 0 saturated carbocycles. The monoisotopic (exact) mass is 494 g/mol. The number of aryl methyl sites for hydroxylation is 1. The van der Waals surface area contributed by atoms with Crippen molar-refractivity contribution in [2.24, 2.45) is 7.05 Å². The van der Waals surface area contributed by atoms with E-state index in [-0.39, 0.29) is 12.3 Å². The van der Waals surface area contributed by atoms with Crippen LogP contribution in [0.1, 0.15) is 12.0 Å².